The molecular formula is C8H9NOS. The minimum Gasteiger partial charge on any atom is -0.364 e. The van der Waals surface area contributed by atoms with Crippen molar-refractivity contribution < 1.29 is 0 Å². The number of aromatic nitrogens is 1. The maximum absolute atomic E-state index is 11.1. The van der Waals surface area contributed by atoms with Gasteiger partial charge in [-0.1, -0.05) is 18.3 Å². The highest BCUT2D eigenvalue weighted by molar-refractivity contribution is 8.02. The van der Waals surface area contributed by atoms with Crippen LogP contribution in [0.4, 0.5) is 0 Å². The summed E-state index contributed by atoms with van der Waals surface area (Å²) in [6.45, 7) is 5.42. The molecule has 0 spiro atoms. The van der Waals surface area contributed by atoms with Crippen LogP contribution in [0.2, 0.25) is 0 Å². The average molecular weight is 167 g/mol. The Morgan fingerprint density at radius 3 is 3.00 bits per heavy atom. The van der Waals surface area contributed by atoms with E-state index in [2.05, 4.69) is 11.6 Å². The third-order valence-electron chi connectivity index (χ3n) is 1.30. The summed E-state index contributed by atoms with van der Waals surface area (Å²) in [6.07, 6.45) is 1.64. The minimum absolute atomic E-state index is 0.0474. The van der Waals surface area contributed by atoms with Gasteiger partial charge in [0.1, 0.15) is 0 Å². The van der Waals surface area contributed by atoms with Gasteiger partial charge in [-0.2, -0.15) is 0 Å². The third-order valence-corrected chi connectivity index (χ3v) is 2.21. The van der Waals surface area contributed by atoms with E-state index in [1.54, 1.807) is 11.6 Å². The first kappa shape index (κ1) is 8.14. The molecule has 0 atom stereocenters. The maximum atomic E-state index is 11.1. The molecule has 1 heterocycles. The Balaban J connectivity index is 3.20. The predicted octanol–water partition coefficient (Wildman–Crippen LogP) is 1.92. The number of aryl methyl sites for hydroxylation is 1. The average Bonchev–Trinajstić information content (AvgIpc) is 1.97. The van der Waals surface area contributed by atoms with Crippen LogP contribution in [0.15, 0.2) is 33.9 Å². The van der Waals surface area contributed by atoms with Crippen LogP contribution in [-0.2, 0) is 0 Å². The molecule has 0 saturated heterocycles. The number of hydrogen-bond acceptors (Lipinski definition) is 2. The summed E-state index contributed by atoms with van der Waals surface area (Å²) < 4.78 is 0. The highest BCUT2D eigenvalue weighted by atomic mass is 32.2. The topological polar surface area (TPSA) is 32.9 Å². The lowest BCUT2D eigenvalue weighted by Crippen LogP contribution is -2.04. The molecular weight excluding hydrogens is 158 g/mol. The first-order valence-electron chi connectivity index (χ1n) is 3.21. The van der Waals surface area contributed by atoms with Crippen LogP contribution < -0.4 is 5.43 Å². The van der Waals surface area contributed by atoms with E-state index in [0.29, 0.717) is 0 Å². The van der Waals surface area contributed by atoms with E-state index in [-0.39, 0.29) is 5.43 Å². The lowest BCUT2D eigenvalue weighted by Gasteiger charge is -1.98. The first-order chi connectivity index (χ1) is 5.25. The second kappa shape index (κ2) is 3.44. The monoisotopic (exact) mass is 167 g/mol. The van der Waals surface area contributed by atoms with Gasteiger partial charge in [0.05, 0.1) is 4.90 Å². The van der Waals surface area contributed by atoms with Gasteiger partial charge in [0.25, 0.3) is 0 Å². The molecule has 0 aliphatic carbocycles. The quantitative estimate of drug-likeness (QED) is 0.682. The van der Waals surface area contributed by atoms with Gasteiger partial charge >= 0.3 is 0 Å². The van der Waals surface area contributed by atoms with Crippen molar-refractivity contribution in [3.05, 3.63) is 40.2 Å². The number of hydrogen-bond donors (Lipinski definition) is 1. The highest BCUT2D eigenvalue weighted by Crippen LogP contribution is 2.15. The smallest absolute Gasteiger partial charge is 0.195 e. The molecule has 1 aromatic heterocycles. The van der Waals surface area contributed by atoms with Gasteiger partial charge in [-0.25, -0.2) is 0 Å². The van der Waals surface area contributed by atoms with Crippen LogP contribution in [0.3, 0.4) is 0 Å². The van der Waals surface area contributed by atoms with Crippen molar-refractivity contribution >= 4 is 11.8 Å². The van der Waals surface area contributed by atoms with Crippen molar-refractivity contribution in [1.29, 1.82) is 0 Å². The second-order valence-electron chi connectivity index (χ2n) is 2.08. The molecule has 0 bridgehead atoms. The second-order valence-corrected chi connectivity index (χ2v) is 3.06. The number of aromatic amines is 1. The molecule has 0 fully saturated rings. The van der Waals surface area contributed by atoms with E-state index in [1.165, 1.54) is 17.8 Å². The Hall–Kier alpha value is -0.960. The number of nitrogens with one attached hydrogen (secondary N) is 1. The minimum atomic E-state index is 0.0474. The Morgan fingerprint density at radius 2 is 2.45 bits per heavy atom. The van der Waals surface area contributed by atoms with E-state index >= 15 is 0 Å². The molecule has 1 N–H and O–H groups in total. The third kappa shape index (κ3) is 1.74. The first-order valence-corrected chi connectivity index (χ1v) is 4.09. The fourth-order valence-electron chi connectivity index (χ4n) is 0.798. The molecule has 3 heteroatoms. The summed E-state index contributed by atoms with van der Waals surface area (Å²) in [5.41, 5.74) is 0.938. The van der Waals surface area contributed by atoms with E-state index < -0.39 is 0 Å². The van der Waals surface area contributed by atoms with Crippen LogP contribution in [0.1, 0.15) is 5.69 Å². The van der Waals surface area contributed by atoms with Crippen molar-refractivity contribution in [2.24, 2.45) is 0 Å². The number of thioether (sulfide) groups is 1. The summed E-state index contributed by atoms with van der Waals surface area (Å²) in [5, 5.41) is 1.65. The molecule has 0 radical (unpaired) electrons. The number of pyridine rings is 1. The van der Waals surface area contributed by atoms with Crippen molar-refractivity contribution in [1.82, 2.24) is 4.98 Å². The SMILES string of the molecule is C=CSc1c(C)[nH]ccc1=O. The molecule has 0 saturated carbocycles. The van der Waals surface area contributed by atoms with Gasteiger partial charge in [-0.3, -0.25) is 4.79 Å². The van der Waals surface area contributed by atoms with Crippen molar-refractivity contribution in [3.63, 3.8) is 0 Å². The van der Waals surface area contributed by atoms with E-state index in [0.717, 1.165) is 10.6 Å². The van der Waals surface area contributed by atoms with Gasteiger partial charge in [0.2, 0.25) is 0 Å². The molecule has 58 valence electrons. The molecule has 11 heavy (non-hydrogen) atoms. The van der Waals surface area contributed by atoms with E-state index in [4.69, 9.17) is 0 Å². The summed E-state index contributed by atoms with van der Waals surface area (Å²) in [5.74, 6) is 0. The zero-order valence-corrected chi connectivity index (χ0v) is 7.07. The Labute approximate surface area is 69.3 Å². The van der Waals surface area contributed by atoms with Crippen LogP contribution in [0, 0.1) is 6.92 Å². The van der Waals surface area contributed by atoms with Crippen molar-refractivity contribution in [2.45, 2.75) is 11.8 Å². The van der Waals surface area contributed by atoms with Crippen molar-refractivity contribution in [3.8, 4) is 0 Å². The van der Waals surface area contributed by atoms with Gasteiger partial charge in [0.15, 0.2) is 5.43 Å². The number of H-pyrrole nitrogens is 1. The van der Waals surface area contributed by atoms with Crippen LogP contribution >= 0.6 is 11.8 Å². The standard InChI is InChI=1S/C8H9NOS/c1-3-11-8-6(2)9-5-4-7(8)10/h3-5H,1H2,2H3,(H,9,10). The fourth-order valence-corrected chi connectivity index (χ4v) is 1.38. The maximum Gasteiger partial charge on any atom is 0.195 e. The lowest BCUT2D eigenvalue weighted by molar-refractivity contribution is 1.09. The van der Waals surface area contributed by atoms with Gasteiger partial charge in [-0.05, 0) is 12.3 Å². The molecule has 0 aliphatic heterocycles. The Morgan fingerprint density at radius 1 is 1.73 bits per heavy atom. The zero-order valence-electron chi connectivity index (χ0n) is 6.26. The summed E-state index contributed by atoms with van der Waals surface area (Å²) >= 11 is 1.35. The largest absolute Gasteiger partial charge is 0.364 e. The van der Waals surface area contributed by atoms with E-state index in [1.807, 2.05) is 6.92 Å². The molecule has 0 unspecified atom stereocenters. The van der Waals surface area contributed by atoms with Gasteiger partial charge in [-0.15, -0.1) is 0 Å². The fraction of sp³-hybridized carbons (Fsp3) is 0.125. The number of rotatable bonds is 2. The van der Waals surface area contributed by atoms with Gasteiger partial charge < -0.3 is 4.98 Å². The zero-order chi connectivity index (χ0) is 8.27. The van der Waals surface area contributed by atoms with Crippen LogP contribution in [0.5, 0.6) is 0 Å². The predicted molar refractivity (Wildman–Crippen MR) is 47.9 cm³/mol. The molecule has 0 aliphatic rings. The summed E-state index contributed by atoms with van der Waals surface area (Å²) in [4.78, 5) is 14.8. The molecule has 1 aromatic rings. The lowest BCUT2D eigenvalue weighted by atomic mass is 10.4. The summed E-state index contributed by atoms with van der Waals surface area (Å²) in [7, 11) is 0. The Kier molecular flexibility index (Phi) is 2.54. The molecule has 0 aromatic carbocycles. The van der Waals surface area contributed by atoms with Crippen LogP contribution in [0.25, 0.3) is 0 Å². The summed E-state index contributed by atoms with van der Waals surface area (Å²) in [6, 6.07) is 1.51. The highest BCUT2D eigenvalue weighted by Gasteiger charge is 1.99. The van der Waals surface area contributed by atoms with E-state index in [9.17, 15) is 4.79 Å². The normalized spacial score (nSPS) is 9.55. The van der Waals surface area contributed by atoms with Gasteiger partial charge in [0, 0.05) is 18.0 Å². The molecule has 2 nitrogen and oxygen atoms in total. The molecule has 1 rings (SSSR count). The van der Waals surface area contributed by atoms with Crippen LogP contribution in [-0.4, -0.2) is 4.98 Å². The molecule has 0 amide bonds. The Bertz CT molecular complexity index is 316. The van der Waals surface area contributed by atoms with Crippen molar-refractivity contribution in [2.75, 3.05) is 0 Å².